The number of para-hydroxylation sites is 1. The van der Waals surface area contributed by atoms with Gasteiger partial charge in [0.15, 0.2) is 6.61 Å². The molecule has 0 radical (unpaired) electrons. The number of likely N-dealkylation sites (N-methyl/N-ethyl adjacent to an activating group) is 1. The third-order valence-electron chi connectivity index (χ3n) is 6.55. The average Bonchev–Trinajstić information content (AvgIpc) is 2.84. The van der Waals surface area contributed by atoms with Gasteiger partial charge in [-0.1, -0.05) is 29.8 Å². The lowest BCUT2D eigenvalue weighted by Gasteiger charge is -2.34. The van der Waals surface area contributed by atoms with Gasteiger partial charge in [-0.2, -0.15) is 0 Å². The number of piperazine rings is 1. The van der Waals surface area contributed by atoms with Gasteiger partial charge >= 0.3 is 0 Å². The minimum Gasteiger partial charge on any atom is -0.496 e. The monoisotopic (exact) mass is 457 g/mol. The number of anilines is 1. The molecule has 2 heterocycles. The first-order chi connectivity index (χ1) is 15.5. The van der Waals surface area contributed by atoms with Gasteiger partial charge < -0.3 is 24.2 Å². The number of hydrogen-bond donors (Lipinski definition) is 0. The van der Waals surface area contributed by atoms with E-state index in [2.05, 4.69) is 22.9 Å². The van der Waals surface area contributed by atoms with Crippen LogP contribution in [0.2, 0.25) is 5.02 Å². The van der Waals surface area contributed by atoms with Crippen LogP contribution in [0.15, 0.2) is 42.5 Å². The summed E-state index contributed by atoms with van der Waals surface area (Å²) in [5, 5.41) is 0.714. The van der Waals surface area contributed by atoms with Crippen LogP contribution in [0.4, 0.5) is 5.69 Å². The van der Waals surface area contributed by atoms with Gasteiger partial charge in [-0.25, -0.2) is 0 Å². The molecule has 2 fully saturated rings. The van der Waals surface area contributed by atoms with Crippen molar-refractivity contribution in [3.8, 4) is 11.5 Å². The lowest BCUT2D eigenvalue weighted by Crippen LogP contribution is -2.44. The van der Waals surface area contributed by atoms with Crippen LogP contribution < -0.4 is 14.4 Å². The number of nitrogens with zero attached hydrogens (tertiary/aromatic N) is 3. The zero-order chi connectivity index (χ0) is 22.5. The fourth-order valence-corrected chi connectivity index (χ4v) is 4.79. The van der Waals surface area contributed by atoms with E-state index in [9.17, 15) is 4.79 Å². The molecule has 0 spiro atoms. The fourth-order valence-electron chi connectivity index (χ4n) is 4.55. The fraction of sp³-hybridized carbons (Fsp3) is 0.480. The van der Waals surface area contributed by atoms with Crippen molar-refractivity contribution in [1.82, 2.24) is 9.80 Å². The van der Waals surface area contributed by atoms with Crippen LogP contribution in [0.3, 0.4) is 0 Å². The SMILES string of the molecule is COc1ccccc1C1CCN(C(=O)COc2ccc(Cl)c(N3CCN(C)CC3)c2)CC1. The molecule has 2 aliphatic heterocycles. The van der Waals surface area contributed by atoms with Crippen LogP contribution in [0.25, 0.3) is 0 Å². The van der Waals surface area contributed by atoms with Gasteiger partial charge in [0.25, 0.3) is 5.91 Å². The van der Waals surface area contributed by atoms with Gasteiger partial charge in [0.1, 0.15) is 11.5 Å². The van der Waals surface area contributed by atoms with E-state index >= 15 is 0 Å². The number of carbonyl (C=O) groups is 1. The number of rotatable bonds is 6. The third kappa shape index (κ3) is 5.30. The van der Waals surface area contributed by atoms with Crippen molar-refractivity contribution in [2.75, 3.05) is 64.9 Å². The average molecular weight is 458 g/mol. The summed E-state index contributed by atoms with van der Waals surface area (Å²) in [6.45, 7) is 5.38. The summed E-state index contributed by atoms with van der Waals surface area (Å²) in [7, 11) is 3.84. The normalized spacial score (nSPS) is 18.0. The first-order valence-corrected chi connectivity index (χ1v) is 11.7. The van der Waals surface area contributed by atoms with Crippen molar-refractivity contribution in [1.29, 1.82) is 0 Å². The molecule has 0 unspecified atom stereocenters. The van der Waals surface area contributed by atoms with E-state index < -0.39 is 0 Å². The van der Waals surface area contributed by atoms with Crippen molar-refractivity contribution >= 4 is 23.2 Å². The number of carbonyl (C=O) groups excluding carboxylic acids is 1. The third-order valence-corrected chi connectivity index (χ3v) is 6.87. The van der Waals surface area contributed by atoms with E-state index in [-0.39, 0.29) is 12.5 Å². The van der Waals surface area contributed by atoms with Crippen LogP contribution in [0.1, 0.15) is 24.3 Å². The van der Waals surface area contributed by atoms with Gasteiger partial charge in [0.05, 0.1) is 17.8 Å². The predicted molar refractivity (Wildman–Crippen MR) is 128 cm³/mol. The molecule has 2 aliphatic rings. The van der Waals surface area contributed by atoms with Gasteiger partial charge in [0, 0.05) is 45.3 Å². The molecule has 2 aromatic rings. The Morgan fingerprint density at radius 1 is 1.03 bits per heavy atom. The predicted octanol–water partition coefficient (Wildman–Crippen LogP) is 3.89. The van der Waals surface area contributed by atoms with Gasteiger partial charge in [-0.15, -0.1) is 0 Å². The van der Waals surface area contributed by atoms with Crippen LogP contribution in [-0.2, 0) is 4.79 Å². The molecule has 0 saturated carbocycles. The first kappa shape index (κ1) is 22.7. The minimum absolute atomic E-state index is 0.0274. The second kappa shape index (κ2) is 10.5. The zero-order valence-electron chi connectivity index (χ0n) is 18.9. The van der Waals surface area contributed by atoms with Crippen molar-refractivity contribution in [3.63, 3.8) is 0 Å². The quantitative estimate of drug-likeness (QED) is 0.658. The highest BCUT2D eigenvalue weighted by Crippen LogP contribution is 2.34. The topological polar surface area (TPSA) is 45.2 Å². The molecule has 0 atom stereocenters. The van der Waals surface area contributed by atoms with E-state index in [1.807, 2.05) is 41.3 Å². The lowest BCUT2D eigenvalue weighted by atomic mass is 9.89. The number of amides is 1. The molecule has 2 aromatic carbocycles. The molecule has 2 saturated heterocycles. The largest absolute Gasteiger partial charge is 0.496 e. The Morgan fingerprint density at radius 3 is 2.47 bits per heavy atom. The molecule has 7 heteroatoms. The summed E-state index contributed by atoms with van der Waals surface area (Å²) in [6.07, 6.45) is 1.86. The maximum Gasteiger partial charge on any atom is 0.260 e. The molecule has 32 heavy (non-hydrogen) atoms. The summed E-state index contributed by atoms with van der Waals surface area (Å²) in [6, 6.07) is 13.8. The van der Waals surface area contributed by atoms with Crippen molar-refractivity contribution in [2.45, 2.75) is 18.8 Å². The molecule has 0 N–H and O–H groups in total. The Bertz CT molecular complexity index is 922. The van der Waals surface area contributed by atoms with Crippen LogP contribution in [-0.4, -0.2) is 75.7 Å². The molecule has 0 aromatic heterocycles. The number of benzene rings is 2. The molecule has 172 valence electrons. The molecule has 6 nitrogen and oxygen atoms in total. The Kier molecular flexibility index (Phi) is 7.43. The van der Waals surface area contributed by atoms with Crippen molar-refractivity contribution in [3.05, 3.63) is 53.1 Å². The highest BCUT2D eigenvalue weighted by atomic mass is 35.5. The minimum atomic E-state index is 0.0274. The molecular formula is C25H32ClN3O3. The highest BCUT2D eigenvalue weighted by Gasteiger charge is 2.26. The van der Waals surface area contributed by atoms with E-state index in [4.69, 9.17) is 21.1 Å². The first-order valence-electron chi connectivity index (χ1n) is 11.3. The number of methoxy groups -OCH3 is 1. The Balaban J connectivity index is 1.30. The van der Waals surface area contributed by atoms with Crippen molar-refractivity contribution in [2.24, 2.45) is 0 Å². The number of ether oxygens (including phenoxy) is 2. The number of halogens is 1. The lowest BCUT2D eigenvalue weighted by molar-refractivity contribution is -0.134. The highest BCUT2D eigenvalue weighted by molar-refractivity contribution is 6.33. The van der Waals surface area contributed by atoms with Crippen LogP contribution >= 0.6 is 11.6 Å². The van der Waals surface area contributed by atoms with Crippen molar-refractivity contribution < 1.29 is 14.3 Å². The summed E-state index contributed by atoms with van der Waals surface area (Å²) in [5.41, 5.74) is 2.21. The standard InChI is InChI=1S/C25H32ClN3O3/c1-27-13-15-28(16-14-27)23-17-20(7-8-22(23)26)32-18-25(30)29-11-9-19(10-12-29)21-5-3-4-6-24(21)31-2/h3-8,17,19H,9-16,18H2,1-2H3. The van der Waals surface area contributed by atoms with E-state index in [1.54, 1.807) is 7.11 Å². The van der Waals surface area contributed by atoms with Gasteiger partial charge in [-0.3, -0.25) is 4.79 Å². The molecule has 0 aliphatic carbocycles. The van der Waals surface area contributed by atoms with E-state index in [0.717, 1.165) is 63.5 Å². The van der Waals surface area contributed by atoms with Crippen LogP contribution in [0.5, 0.6) is 11.5 Å². The summed E-state index contributed by atoms with van der Waals surface area (Å²) < 4.78 is 11.4. The summed E-state index contributed by atoms with van der Waals surface area (Å²) >= 11 is 6.44. The van der Waals surface area contributed by atoms with Gasteiger partial charge in [-0.05, 0) is 49.6 Å². The summed E-state index contributed by atoms with van der Waals surface area (Å²) in [5.74, 6) is 2.05. The van der Waals surface area contributed by atoms with Crippen LogP contribution in [0, 0.1) is 0 Å². The Hall–Kier alpha value is -2.44. The number of piperidine rings is 1. The number of hydrogen-bond acceptors (Lipinski definition) is 5. The maximum atomic E-state index is 12.8. The molecule has 0 bridgehead atoms. The number of likely N-dealkylation sites (tertiary alicyclic amines) is 1. The smallest absolute Gasteiger partial charge is 0.260 e. The molecule has 1 amide bonds. The van der Waals surface area contributed by atoms with E-state index in [0.29, 0.717) is 16.7 Å². The van der Waals surface area contributed by atoms with E-state index in [1.165, 1.54) is 5.56 Å². The Morgan fingerprint density at radius 2 is 1.75 bits per heavy atom. The maximum absolute atomic E-state index is 12.8. The molecule has 4 rings (SSSR count). The van der Waals surface area contributed by atoms with Gasteiger partial charge in [0.2, 0.25) is 0 Å². The second-order valence-electron chi connectivity index (χ2n) is 8.59. The second-order valence-corrected chi connectivity index (χ2v) is 9.00. The zero-order valence-corrected chi connectivity index (χ0v) is 19.7. The summed E-state index contributed by atoms with van der Waals surface area (Å²) in [4.78, 5) is 19.3. The molecular weight excluding hydrogens is 426 g/mol. The Labute approximate surface area is 195 Å².